The predicted molar refractivity (Wildman–Crippen MR) is 84.4 cm³/mol. The van der Waals surface area contributed by atoms with Crippen molar-refractivity contribution in [1.29, 1.82) is 0 Å². The number of hydrogen-bond donors (Lipinski definition) is 1. The molecule has 2 atom stereocenters. The van der Waals surface area contributed by atoms with E-state index >= 15 is 0 Å². The number of rotatable bonds is 6. The molecule has 1 N–H and O–H groups in total. The summed E-state index contributed by atoms with van der Waals surface area (Å²) in [6.07, 6.45) is 6.89. The normalized spacial score (nSPS) is 26.5. The molecule has 0 saturated carbocycles. The second-order valence-electron chi connectivity index (χ2n) is 5.71. The van der Waals surface area contributed by atoms with Crippen LogP contribution in [0.3, 0.4) is 0 Å². The van der Waals surface area contributed by atoms with Gasteiger partial charge in [0.15, 0.2) is 0 Å². The minimum absolute atomic E-state index is 0.161. The number of nitrogens with one attached hydrogen (secondary N) is 1. The van der Waals surface area contributed by atoms with Crippen LogP contribution in [-0.4, -0.2) is 47.6 Å². The molecule has 2 heterocycles. The maximum absolute atomic E-state index is 6.03. The molecule has 2 aliphatic heterocycles. The van der Waals surface area contributed by atoms with E-state index in [1.807, 2.05) is 11.8 Å². The number of allylic oxidation sites excluding steroid dienone is 1. The highest BCUT2D eigenvalue weighted by Crippen LogP contribution is 2.28. The van der Waals surface area contributed by atoms with E-state index in [9.17, 15) is 0 Å². The van der Waals surface area contributed by atoms with Crippen LogP contribution in [0.25, 0.3) is 0 Å². The lowest BCUT2D eigenvalue weighted by molar-refractivity contribution is -0.0549. The zero-order valence-electron chi connectivity index (χ0n) is 12.8. The second-order valence-corrected chi connectivity index (χ2v) is 6.90. The first-order chi connectivity index (χ1) is 9.54. The first kappa shape index (κ1) is 15.7. The Morgan fingerprint density at radius 2 is 2.25 bits per heavy atom. The van der Waals surface area contributed by atoms with Gasteiger partial charge >= 0.3 is 0 Å². The van der Waals surface area contributed by atoms with Gasteiger partial charge in [0.2, 0.25) is 0 Å². The Balaban J connectivity index is 1.75. The van der Waals surface area contributed by atoms with E-state index in [1.165, 1.54) is 5.70 Å². The minimum Gasteiger partial charge on any atom is -0.383 e. The summed E-state index contributed by atoms with van der Waals surface area (Å²) in [7, 11) is 0. The molecule has 5 heteroatoms. The van der Waals surface area contributed by atoms with Gasteiger partial charge in [-0.2, -0.15) is 0 Å². The summed E-state index contributed by atoms with van der Waals surface area (Å²) in [5, 5.41) is 3.42. The third-order valence-electron chi connectivity index (χ3n) is 3.09. The standard InChI is InChI=1S/C15H26N2O2S/c1-11(2)16-13-5-7-17(8-6-13)14-10-20-15(19-14)9-18-12(3)4/h5-7,11-12,14-16H,8-10H2,1-4H3/t14-,15+/m1/s1. The van der Waals surface area contributed by atoms with Crippen LogP contribution in [0.15, 0.2) is 24.0 Å². The van der Waals surface area contributed by atoms with Crippen molar-refractivity contribution in [2.24, 2.45) is 0 Å². The fourth-order valence-corrected chi connectivity index (χ4v) is 3.17. The molecule has 1 fully saturated rings. The van der Waals surface area contributed by atoms with Gasteiger partial charge in [0, 0.05) is 30.2 Å². The van der Waals surface area contributed by atoms with Crippen molar-refractivity contribution >= 4 is 11.8 Å². The van der Waals surface area contributed by atoms with E-state index in [-0.39, 0.29) is 17.8 Å². The maximum atomic E-state index is 6.03. The van der Waals surface area contributed by atoms with E-state index in [2.05, 4.69) is 56.3 Å². The first-order valence-electron chi connectivity index (χ1n) is 7.34. The van der Waals surface area contributed by atoms with Gasteiger partial charge in [0.25, 0.3) is 0 Å². The summed E-state index contributed by atoms with van der Waals surface area (Å²) in [5.41, 5.74) is 1.36. The van der Waals surface area contributed by atoms with Gasteiger partial charge in [-0.1, -0.05) is 0 Å². The third kappa shape index (κ3) is 4.72. The molecule has 1 saturated heterocycles. The van der Waals surface area contributed by atoms with Crippen LogP contribution in [0.4, 0.5) is 0 Å². The Bertz CT molecular complexity index is 369. The summed E-state index contributed by atoms with van der Waals surface area (Å²) in [6, 6.07) is 0.466. The molecule has 0 bridgehead atoms. The summed E-state index contributed by atoms with van der Waals surface area (Å²) in [6.45, 7) is 9.98. The monoisotopic (exact) mass is 298 g/mol. The zero-order chi connectivity index (χ0) is 14.5. The Morgan fingerprint density at radius 3 is 2.85 bits per heavy atom. The topological polar surface area (TPSA) is 33.7 Å². The van der Waals surface area contributed by atoms with E-state index in [0.717, 1.165) is 12.3 Å². The van der Waals surface area contributed by atoms with Crippen LogP contribution >= 0.6 is 11.8 Å². The van der Waals surface area contributed by atoms with Gasteiger partial charge in [-0.05, 0) is 39.8 Å². The van der Waals surface area contributed by atoms with Gasteiger partial charge in [-0.3, -0.25) is 0 Å². The average Bonchev–Trinajstić information content (AvgIpc) is 2.85. The number of ether oxygens (including phenoxy) is 2. The smallest absolute Gasteiger partial charge is 0.140 e. The molecule has 0 aromatic rings. The van der Waals surface area contributed by atoms with E-state index < -0.39 is 0 Å². The van der Waals surface area contributed by atoms with Gasteiger partial charge < -0.3 is 19.7 Å². The first-order valence-corrected chi connectivity index (χ1v) is 8.39. The lowest BCUT2D eigenvalue weighted by Crippen LogP contribution is -2.36. The van der Waals surface area contributed by atoms with Crippen LogP contribution in [0.1, 0.15) is 27.7 Å². The predicted octanol–water partition coefficient (Wildman–Crippen LogP) is 2.54. The van der Waals surface area contributed by atoms with Crippen LogP contribution in [0.2, 0.25) is 0 Å². The summed E-state index contributed by atoms with van der Waals surface area (Å²) in [5.74, 6) is 0.997. The molecular weight excluding hydrogens is 272 g/mol. The van der Waals surface area contributed by atoms with Gasteiger partial charge in [0.05, 0.1) is 12.7 Å². The van der Waals surface area contributed by atoms with Crippen LogP contribution in [0.5, 0.6) is 0 Å². The zero-order valence-corrected chi connectivity index (χ0v) is 13.7. The Morgan fingerprint density at radius 1 is 1.45 bits per heavy atom. The van der Waals surface area contributed by atoms with Crippen molar-refractivity contribution in [3.8, 4) is 0 Å². The average molecular weight is 298 g/mol. The highest BCUT2D eigenvalue weighted by molar-refractivity contribution is 8.00. The third-order valence-corrected chi connectivity index (χ3v) is 4.19. The van der Waals surface area contributed by atoms with Crippen molar-refractivity contribution in [1.82, 2.24) is 10.2 Å². The van der Waals surface area contributed by atoms with Crippen molar-refractivity contribution in [2.75, 3.05) is 18.9 Å². The SMILES string of the molecule is CC(C)NC1=CCN([C@H]2CS[C@@H](COC(C)C)O2)C=C1. The highest BCUT2D eigenvalue weighted by Gasteiger charge is 2.29. The van der Waals surface area contributed by atoms with E-state index in [0.29, 0.717) is 12.6 Å². The molecule has 0 aromatic heterocycles. The van der Waals surface area contributed by atoms with Crippen molar-refractivity contribution in [2.45, 2.75) is 51.5 Å². The molecule has 20 heavy (non-hydrogen) atoms. The number of thioether (sulfide) groups is 1. The maximum Gasteiger partial charge on any atom is 0.140 e. The van der Waals surface area contributed by atoms with Crippen molar-refractivity contribution in [3.63, 3.8) is 0 Å². The molecule has 4 nitrogen and oxygen atoms in total. The Labute approximate surface area is 126 Å². The van der Waals surface area contributed by atoms with Crippen molar-refractivity contribution in [3.05, 3.63) is 24.0 Å². The second kappa shape index (κ2) is 7.38. The summed E-state index contributed by atoms with van der Waals surface area (Å²) in [4.78, 5) is 2.24. The molecule has 2 rings (SSSR count). The Kier molecular flexibility index (Phi) is 5.81. The fraction of sp³-hybridized carbons (Fsp3) is 0.733. The highest BCUT2D eigenvalue weighted by atomic mass is 32.2. The molecule has 0 amide bonds. The molecule has 0 radical (unpaired) electrons. The molecule has 2 aliphatic rings. The molecule has 0 aromatic carbocycles. The lowest BCUT2D eigenvalue weighted by atomic mass is 10.2. The van der Waals surface area contributed by atoms with Gasteiger partial charge in [-0.15, -0.1) is 11.8 Å². The van der Waals surface area contributed by atoms with Crippen LogP contribution in [0, 0.1) is 0 Å². The molecule has 0 spiro atoms. The quantitative estimate of drug-likeness (QED) is 0.815. The summed E-state index contributed by atoms with van der Waals surface area (Å²) < 4.78 is 11.6. The van der Waals surface area contributed by atoms with Crippen molar-refractivity contribution < 1.29 is 9.47 Å². The van der Waals surface area contributed by atoms with Gasteiger partial charge in [-0.25, -0.2) is 0 Å². The van der Waals surface area contributed by atoms with E-state index in [4.69, 9.17) is 9.47 Å². The largest absolute Gasteiger partial charge is 0.383 e. The molecule has 114 valence electrons. The lowest BCUT2D eigenvalue weighted by Gasteiger charge is -2.29. The summed E-state index contributed by atoms with van der Waals surface area (Å²) >= 11 is 1.84. The van der Waals surface area contributed by atoms with Crippen LogP contribution in [-0.2, 0) is 9.47 Å². The van der Waals surface area contributed by atoms with E-state index in [1.54, 1.807) is 0 Å². The van der Waals surface area contributed by atoms with Gasteiger partial charge in [0.1, 0.15) is 11.7 Å². The fourth-order valence-electron chi connectivity index (χ4n) is 2.14. The number of hydrogen-bond acceptors (Lipinski definition) is 5. The number of nitrogens with zero attached hydrogens (tertiary/aromatic N) is 1. The molecular formula is C15H26N2O2S. The van der Waals surface area contributed by atoms with Crippen LogP contribution < -0.4 is 5.32 Å². The minimum atomic E-state index is 0.161. The molecule has 0 aliphatic carbocycles. The molecule has 0 unspecified atom stereocenters. The Hall–Kier alpha value is -0.650.